The van der Waals surface area contributed by atoms with Crippen LogP contribution in [0.2, 0.25) is 4.34 Å². The van der Waals surface area contributed by atoms with E-state index in [0.717, 1.165) is 4.88 Å². The molecule has 0 radical (unpaired) electrons. The van der Waals surface area contributed by atoms with Crippen LogP contribution in [0.4, 0.5) is 10.5 Å². The van der Waals surface area contributed by atoms with Gasteiger partial charge >= 0.3 is 6.03 Å². The average Bonchev–Trinajstić information content (AvgIpc) is 2.90. The van der Waals surface area contributed by atoms with Gasteiger partial charge in [0.05, 0.1) is 22.1 Å². The molecule has 0 saturated carbocycles. The maximum atomic E-state index is 12.3. The zero-order chi connectivity index (χ0) is 16.8. The van der Waals surface area contributed by atoms with E-state index in [1.165, 1.54) is 11.3 Å². The number of hydrogen-bond acceptors (Lipinski definition) is 3. The van der Waals surface area contributed by atoms with E-state index in [9.17, 15) is 9.59 Å². The fourth-order valence-electron chi connectivity index (χ4n) is 1.92. The Balaban J connectivity index is 2.03. The number of rotatable bonds is 5. The highest BCUT2D eigenvalue weighted by atomic mass is 35.5. The summed E-state index contributed by atoms with van der Waals surface area (Å²) in [6.07, 6.45) is 0. The molecule has 23 heavy (non-hydrogen) atoms. The second-order valence-corrected chi connectivity index (χ2v) is 6.99. The van der Waals surface area contributed by atoms with E-state index in [1.807, 2.05) is 19.9 Å². The fourth-order valence-corrected chi connectivity index (χ4v) is 2.95. The molecule has 1 aromatic heterocycles. The maximum absolute atomic E-state index is 12.3. The number of halogens is 1. The molecule has 0 saturated heterocycles. The van der Waals surface area contributed by atoms with E-state index in [1.54, 1.807) is 30.3 Å². The molecule has 0 aliphatic heterocycles. The highest BCUT2D eigenvalue weighted by Crippen LogP contribution is 2.21. The lowest BCUT2D eigenvalue weighted by Gasteiger charge is -2.13. The highest BCUT2D eigenvalue weighted by Gasteiger charge is 2.13. The van der Waals surface area contributed by atoms with Gasteiger partial charge in [-0.15, -0.1) is 11.3 Å². The first-order valence-electron chi connectivity index (χ1n) is 7.14. The zero-order valence-electron chi connectivity index (χ0n) is 12.9. The van der Waals surface area contributed by atoms with Crippen LogP contribution in [0.5, 0.6) is 0 Å². The Kier molecular flexibility index (Phi) is 6.01. The molecule has 3 N–H and O–H groups in total. The summed E-state index contributed by atoms with van der Waals surface area (Å²) in [6, 6.07) is 10.2. The molecule has 0 bridgehead atoms. The third kappa shape index (κ3) is 5.26. The van der Waals surface area contributed by atoms with E-state index < -0.39 is 0 Å². The Labute approximate surface area is 144 Å². The lowest BCUT2D eigenvalue weighted by atomic mass is 10.1. The minimum Gasteiger partial charge on any atom is -0.347 e. The normalized spacial score (nSPS) is 10.4. The minimum atomic E-state index is -0.342. The van der Waals surface area contributed by atoms with Gasteiger partial charge in [0.2, 0.25) is 0 Å². The summed E-state index contributed by atoms with van der Waals surface area (Å²) >= 11 is 7.29. The molecule has 0 fully saturated rings. The van der Waals surface area contributed by atoms with Crippen molar-refractivity contribution >= 4 is 40.6 Å². The molecule has 0 aliphatic carbocycles. The first-order valence-corrected chi connectivity index (χ1v) is 8.34. The number of benzene rings is 1. The lowest BCUT2D eigenvalue weighted by molar-refractivity contribution is 0.0952. The smallest absolute Gasteiger partial charge is 0.319 e. The average molecular weight is 352 g/mol. The Bertz CT molecular complexity index is 700. The summed E-state index contributed by atoms with van der Waals surface area (Å²) in [4.78, 5) is 25.1. The molecule has 1 heterocycles. The molecule has 2 aromatic rings. The lowest BCUT2D eigenvalue weighted by Crippen LogP contribution is -2.35. The number of amides is 3. The van der Waals surface area contributed by atoms with E-state index in [4.69, 9.17) is 11.6 Å². The van der Waals surface area contributed by atoms with Gasteiger partial charge in [-0.3, -0.25) is 4.79 Å². The molecule has 5 nitrogen and oxygen atoms in total. The van der Waals surface area contributed by atoms with Gasteiger partial charge < -0.3 is 16.0 Å². The van der Waals surface area contributed by atoms with Gasteiger partial charge in [-0.2, -0.15) is 0 Å². The predicted molar refractivity (Wildman–Crippen MR) is 94.2 cm³/mol. The van der Waals surface area contributed by atoms with Crippen molar-refractivity contribution < 1.29 is 9.59 Å². The third-order valence-electron chi connectivity index (χ3n) is 2.89. The SMILES string of the molecule is CC(C)NC(=O)Nc1ccccc1C(=O)NCc1ccc(Cl)s1. The Morgan fingerprint density at radius 2 is 1.91 bits per heavy atom. The number of carbonyl (C=O) groups is 2. The second-order valence-electron chi connectivity index (χ2n) is 5.19. The van der Waals surface area contributed by atoms with Gasteiger partial charge in [-0.1, -0.05) is 23.7 Å². The monoisotopic (exact) mass is 351 g/mol. The minimum absolute atomic E-state index is 0.0135. The summed E-state index contributed by atoms with van der Waals surface area (Å²) in [5.74, 6) is -0.255. The van der Waals surface area contributed by atoms with Crippen LogP contribution < -0.4 is 16.0 Å². The van der Waals surface area contributed by atoms with Crippen molar-refractivity contribution in [3.05, 3.63) is 51.2 Å². The van der Waals surface area contributed by atoms with E-state index >= 15 is 0 Å². The van der Waals surface area contributed by atoms with Crippen LogP contribution in [-0.4, -0.2) is 18.0 Å². The molecule has 0 atom stereocenters. The number of hydrogen-bond donors (Lipinski definition) is 3. The molecular formula is C16H18ClN3O2S. The van der Waals surface area contributed by atoms with Crippen LogP contribution in [0.15, 0.2) is 36.4 Å². The standard InChI is InChI=1S/C16H18ClN3O2S/c1-10(2)19-16(22)20-13-6-4-3-5-12(13)15(21)18-9-11-7-8-14(17)23-11/h3-8,10H,9H2,1-2H3,(H,18,21)(H2,19,20,22). The quantitative estimate of drug-likeness (QED) is 0.765. The van der Waals surface area contributed by atoms with Gasteiger partial charge in [0.1, 0.15) is 0 Å². The van der Waals surface area contributed by atoms with Gasteiger partial charge in [0, 0.05) is 10.9 Å². The highest BCUT2D eigenvalue weighted by molar-refractivity contribution is 7.16. The third-order valence-corrected chi connectivity index (χ3v) is 4.12. The Hall–Kier alpha value is -2.05. The number of nitrogens with one attached hydrogen (secondary N) is 3. The number of thiophene rings is 1. The predicted octanol–water partition coefficient (Wildman–Crippen LogP) is 3.86. The number of para-hydroxylation sites is 1. The van der Waals surface area contributed by atoms with Crippen molar-refractivity contribution in [3.63, 3.8) is 0 Å². The van der Waals surface area contributed by atoms with E-state index in [2.05, 4.69) is 16.0 Å². The fraction of sp³-hybridized carbons (Fsp3) is 0.250. The number of carbonyl (C=O) groups excluding carboxylic acids is 2. The van der Waals surface area contributed by atoms with Crippen LogP contribution in [0.3, 0.4) is 0 Å². The maximum Gasteiger partial charge on any atom is 0.319 e. The van der Waals surface area contributed by atoms with Crippen molar-refractivity contribution in [3.8, 4) is 0 Å². The molecule has 2 rings (SSSR count). The molecule has 7 heteroatoms. The number of urea groups is 1. The van der Waals surface area contributed by atoms with E-state index in [-0.39, 0.29) is 18.0 Å². The van der Waals surface area contributed by atoms with Crippen molar-refractivity contribution in [2.24, 2.45) is 0 Å². The number of anilines is 1. The van der Waals surface area contributed by atoms with Crippen LogP contribution in [-0.2, 0) is 6.54 Å². The van der Waals surface area contributed by atoms with Gasteiger partial charge in [0.15, 0.2) is 0 Å². The topological polar surface area (TPSA) is 70.2 Å². The summed E-state index contributed by atoms with van der Waals surface area (Å²) in [5, 5.41) is 8.24. The second kappa shape index (κ2) is 7.99. The molecular weight excluding hydrogens is 334 g/mol. The summed E-state index contributed by atoms with van der Waals surface area (Å²) in [7, 11) is 0. The Morgan fingerprint density at radius 3 is 2.57 bits per heavy atom. The van der Waals surface area contributed by atoms with E-state index in [0.29, 0.717) is 22.1 Å². The molecule has 0 unspecified atom stereocenters. The zero-order valence-corrected chi connectivity index (χ0v) is 14.4. The molecule has 0 spiro atoms. The van der Waals surface area contributed by atoms with Gasteiger partial charge in [0.25, 0.3) is 5.91 Å². The first kappa shape index (κ1) is 17.3. The molecule has 3 amide bonds. The van der Waals surface area contributed by atoms with Crippen LogP contribution >= 0.6 is 22.9 Å². The van der Waals surface area contributed by atoms with Crippen LogP contribution in [0.1, 0.15) is 29.1 Å². The summed E-state index contributed by atoms with van der Waals surface area (Å²) in [6.45, 7) is 4.12. The molecule has 1 aromatic carbocycles. The summed E-state index contributed by atoms with van der Waals surface area (Å²) < 4.78 is 0.682. The Morgan fingerprint density at radius 1 is 1.17 bits per heavy atom. The largest absolute Gasteiger partial charge is 0.347 e. The van der Waals surface area contributed by atoms with Crippen LogP contribution in [0.25, 0.3) is 0 Å². The van der Waals surface area contributed by atoms with Crippen molar-refractivity contribution in [2.75, 3.05) is 5.32 Å². The molecule has 122 valence electrons. The summed E-state index contributed by atoms with van der Waals surface area (Å²) in [5.41, 5.74) is 0.876. The molecule has 0 aliphatic rings. The van der Waals surface area contributed by atoms with Crippen molar-refractivity contribution in [2.45, 2.75) is 26.4 Å². The van der Waals surface area contributed by atoms with Crippen molar-refractivity contribution in [1.29, 1.82) is 0 Å². The first-order chi connectivity index (χ1) is 11.0. The van der Waals surface area contributed by atoms with Gasteiger partial charge in [-0.25, -0.2) is 4.79 Å². The van der Waals surface area contributed by atoms with Crippen molar-refractivity contribution in [1.82, 2.24) is 10.6 Å². The van der Waals surface area contributed by atoms with Crippen LogP contribution in [0, 0.1) is 0 Å². The van der Waals surface area contributed by atoms with Gasteiger partial charge in [-0.05, 0) is 38.1 Å².